The summed E-state index contributed by atoms with van der Waals surface area (Å²) in [6.07, 6.45) is 7.61. The minimum Gasteiger partial charge on any atom is -0.495 e. The van der Waals surface area contributed by atoms with E-state index < -0.39 is 22.6 Å². The molecule has 1 N–H and O–H groups in total. The fraction of sp³-hybridized carbons (Fsp3) is 0.636. The molecule has 1 aliphatic carbocycles. The first-order valence-corrected chi connectivity index (χ1v) is 12.6. The number of carbonyl (C=O) groups is 2. The summed E-state index contributed by atoms with van der Waals surface area (Å²) in [7, 11) is -2.51. The molecule has 0 spiro atoms. The summed E-state index contributed by atoms with van der Waals surface area (Å²) in [4.78, 5) is 24.7. The molecule has 0 bridgehead atoms. The summed E-state index contributed by atoms with van der Waals surface area (Å²) >= 11 is 0. The van der Waals surface area contributed by atoms with Gasteiger partial charge in [-0.1, -0.05) is 32.1 Å². The highest BCUT2D eigenvalue weighted by Crippen LogP contribution is 2.28. The Hall–Kier alpha value is -2.17. The zero-order valence-electron chi connectivity index (χ0n) is 18.5. The first-order chi connectivity index (χ1) is 15.4. The van der Waals surface area contributed by atoms with Crippen molar-refractivity contribution in [2.45, 2.75) is 55.9 Å². The molecule has 1 heterocycles. The van der Waals surface area contributed by atoms with Crippen LogP contribution in [0.25, 0.3) is 0 Å². The van der Waals surface area contributed by atoms with Crippen molar-refractivity contribution in [3.8, 4) is 5.75 Å². The van der Waals surface area contributed by atoms with Crippen molar-refractivity contribution in [1.29, 1.82) is 0 Å². The first kappa shape index (κ1) is 24.5. The van der Waals surface area contributed by atoms with Crippen molar-refractivity contribution in [2.24, 2.45) is 0 Å². The van der Waals surface area contributed by atoms with E-state index >= 15 is 0 Å². The van der Waals surface area contributed by atoms with Gasteiger partial charge in [0.05, 0.1) is 25.9 Å². The lowest BCUT2D eigenvalue weighted by molar-refractivity contribution is -0.125. The molecule has 0 unspecified atom stereocenters. The SMILES string of the molecule is COc1ccc(C(=O)OCC(=O)NC2CCCCCCC2)cc1S(=O)(=O)N1CCOCC1. The second-order valence-electron chi connectivity index (χ2n) is 8.07. The van der Waals surface area contributed by atoms with E-state index in [0.29, 0.717) is 13.2 Å². The van der Waals surface area contributed by atoms with E-state index in [1.165, 1.54) is 48.9 Å². The van der Waals surface area contributed by atoms with Crippen molar-refractivity contribution in [2.75, 3.05) is 40.0 Å². The van der Waals surface area contributed by atoms with Gasteiger partial charge in [0.2, 0.25) is 10.0 Å². The maximum Gasteiger partial charge on any atom is 0.338 e. The highest BCUT2D eigenvalue weighted by atomic mass is 32.2. The van der Waals surface area contributed by atoms with Gasteiger partial charge >= 0.3 is 5.97 Å². The van der Waals surface area contributed by atoms with Gasteiger partial charge in [-0.15, -0.1) is 0 Å². The number of hydrogen-bond donors (Lipinski definition) is 1. The van der Waals surface area contributed by atoms with Crippen LogP contribution in [0, 0.1) is 0 Å². The van der Waals surface area contributed by atoms with E-state index in [1.807, 2.05) is 0 Å². The molecular weight excluding hydrogens is 436 g/mol. The predicted molar refractivity (Wildman–Crippen MR) is 117 cm³/mol. The number of hydrogen-bond acceptors (Lipinski definition) is 7. The molecule has 0 aromatic heterocycles. The Morgan fingerprint density at radius 1 is 1.09 bits per heavy atom. The number of nitrogens with zero attached hydrogens (tertiary/aromatic N) is 1. The van der Waals surface area contributed by atoms with Crippen LogP contribution in [-0.2, 0) is 24.3 Å². The second kappa shape index (κ2) is 11.6. The highest BCUT2D eigenvalue weighted by molar-refractivity contribution is 7.89. The molecule has 10 heteroatoms. The zero-order chi connectivity index (χ0) is 23.0. The normalized spacial score (nSPS) is 18.9. The van der Waals surface area contributed by atoms with Crippen molar-refractivity contribution >= 4 is 21.9 Å². The lowest BCUT2D eigenvalue weighted by atomic mass is 9.97. The molecular formula is C22H32N2O7S. The number of rotatable bonds is 7. The number of methoxy groups -OCH3 is 1. The predicted octanol–water partition coefficient (Wildman–Crippen LogP) is 2.10. The minimum atomic E-state index is -3.88. The molecule has 2 fully saturated rings. The van der Waals surface area contributed by atoms with Crippen molar-refractivity contribution in [1.82, 2.24) is 9.62 Å². The molecule has 9 nitrogen and oxygen atoms in total. The molecule has 1 aromatic carbocycles. The molecule has 1 saturated carbocycles. The number of nitrogens with one attached hydrogen (secondary N) is 1. The van der Waals surface area contributed by atoms with E-state index in [2.05, 4.69) is 5.32 Å². The molecule has 178 valence electrons. The number of esters is 1. The van der Waals surface area contributed by atoms with Crippen LogP contribution in [0.1, 0.15) is 55.3 Å². The van der Waals surface area contributed by atoms with Gasteiger partial charge in [0.15, 0.2) is 6.61 Å². The van der Waals surface area contributed by atoms with Crippen molar-refractivity contribution in [3.05, 3.63) is 23.8 Å². The quantitative estimate of drug-likeness (QED) is 0.610. The van der Waals surface area contributed by atoms with Gasteiger partial charge in [-0.3, -0.25) is 4.79 Å². The number of benzene rings is 1. The van der Waals surface area contributed by atoms with E-state index in [1.54, 1.807) is 0 Å². The molecule has 0 atom stereocenters. The average Bonchev–Trinajstić information content (AvgIpc) is 2.79. The Morgan fingerprint density at radius 2 is 1.75 bits per heavy atom. The smallest absolute Gasteiger partial charge is 0.338 e. The number of carbonyl (C=O) groups excluding carboxylic acids is 2. The van der Waals surface area contributed by atoms with E-state index in [4.69, 9.17) is 14.2 Å². The number of sulfonamides is 1. The van der Waals surface area contributed by atoms with Crippen molar-refractivity contribution < 1.29 is 32.2 Å². The van der Waals surface area contributed by atoms with Crippen LogP contribution in [0.3, 0.4) is 0 Å². The molecule has 3 rings (SSSR count). The summed E-state index contributed by atoms with van der Waals surface area (Å²) in [5.74, 6) is -0.979. The fourth-order valence-corrected chi connectivity index (χ4v) is 5.61. The third kappa shape index (κ3) is 6.43. The highest BCUT2D eigenvalue weighted by Gasteiger charge is 2.30. The van der Waals surface area contributed by atoms with E-state index in [-0.39, 0.29) is 41.2 Å². The molecule has 32 heavy (non-hydrogen) atoms. The Kier molecular flexibility index (Phi) is 8.89. The van der Waals surface area contributed by atoms with Crippen LogP contribution in [0.4, 0.5) is 0 Å². The van der Waals surface area contributed by atoms with Crippen LogP contribution in [0.2, 0.25) is 0 Å². The number of amides is 1. The second-order valence-corrected chi connectivity index (χ2v) is 9.97. The third-order valence-electron chi connectivity index (χ3n) is 5.79. The number of morpholine rings is 1. The van der Waals surface area contributed by atoms with Gasteiger partial charge in [-0.2, -0.15) is 4.31 Å². The van der Waals surface area contributed by atoms with Gasteiger partial charge in [-0.25, -0.2) is 13.2 Å². The molecule has 0 radical (unpaired) electrons. The summed E-state index contributed by atoms with van der Waals surface area (Å²) in [5, 5.41) is 2.94. The minimum absolute atomic E-state index is 0.0383. The largest absolute Gasteiger partial charge is 0.495 e. The standard InChI is InChI=1S/C22H32N2O7S/c1-29-19-10-9-17(15-20(19)32(27,28)24-11-13-30-14-12-24)22(26)31-16-21(25)23-18-7-5-3-2-4-6-8-18/h9-10,15,18H,2-8,11-14,16H2,1H3,(H,23,25). The first-order valence-electron chi connectivity index (χ1n) is 11.1. The van der Waals surface area contributed by atoms with Gasteiger partial charge in [-0.05, 0) is 31.0 Å². The third-order valence-corrected chi connectivity index (χ3v) is 7.71. The molecule has 2 aliphatic rings. The molecule has 1 aromatic rings. The van der Waals surface area contributed by atoms with Gasteiger partial charge in [0.25, 0.3) is 5.91 Å². The van der Waals surface area contributed by atoms with E-state index in [0.717, 1.165) is 25.7 Å². The lowest BCUT2D eigenvalue weighted by Gasteiger charge is -2.26. The van der Waals surface area contributed by atoms with Gasteiger partial charge in [0, 0.05) is 19.1 Å². The van der Waals surface area contributed by atoms with Gasteiger partial charge < -0.3 is 19.5 Å². The summed E-state index contributed by atoms with van der Waals surface area (Å²) < 4.78 is 43.0. The average molecular weight is 469 g/mol. The van der Waals surface area contributed by atoms with Crippen LogP contribution >= 0.6 is 0 Å². The summed E-state index contributed by atoms with van der Waals surface area (Å²) in [6, 6.07) is 4.18. The molecule has 1 aliphatic heterocycles. The van der Waals surface area contributed by atoms with Crippen molar-refractivity contribution in [3.63, 3.8) is 0 Å². The van der Waals surface area contributed by atoms with Crippen LogP contribution in [-0.4, -0.2) is 70.7 Å². The number of ether oxygens (including phenoxy) is 3. The molecule has 1 amide bonds. The Balaban J connectivity index is 1.63. The maximum absolute atomic E-state index is 13.1. The van der Waals surface area contributed by atoms with E-state index in [9.17, 15) is 18.0 Å². The Bertz CT molecular complexity index is 890. The fourth-order valence-electron chi connectivity index (χ4n) is 4.02. The topological polar surface area (TPSA) is 111 Å². The Labute approximate surface area is 189 Å². The van der Waals surface area contributed by atoms with Crippen LogP contribution < -0.4 is 10.1 Å². The summed E-state index contributed by atoms with van der Waals surface area (Å²) in [6.45, 7) is 0.647. The summed E-state index contributed by atoms with van der Waals surface area (Å²) in [5.41, 5.74) is 0.0383. The lowest BCUT2D eigenvalue weighted by Crippen LogP contribution is -2.40. The van der Waals surface area contributed by atoms with Crippen LogP contribution in [0.15, 0.2) is 23.1 Å². The zero-order valence-corrected chi connectivity index (χ0v) is 19.3. The van der Waals surface area contributed by atoms with Gasteiger partial charge in [0.1, 0.15) is 10.6 Å². The molecule has 1 saturated heterocycles. The Morgan fingerprint density at radius 3 is 2.41 bits per heavy atom. The monoisotopic (exact) mass is 468 g/mol. The maximum atomic E-state index is 13.1. The van der Waals surface area contributed by atoms with Crippen LogP contribution in [0.5, 0.6) is 5.75 Å².